The van der Waals surface area contributed by atoms with Gasteiger partial charge in [-0.2, -0.15) is 5.10 Å². The van der Waals surface area contributed by atoms with Gasteiger partial charge in [0.1, 0.15) is 0 Å². The number of aromatic nitrogens is 2. The molecular formula is C20H28N6O3. The van der Waals surface area contributed by atoms with E-state index in [-0.39, 0.29) is 16.5 Å². The van der Waals surface area contributed by atoms with Gasteiger partial charge in [-0.1, -0.05) is 0 Å². The van der Waals surface area contributed by atoms with Crippen LogP contribution in [-0.4, -0.2) is 80.6 Å². The number of nitro benzene ring substituents is 1. The van der Waals surface area contributed by atoms with Gasteiger partial charge in [0.15, 0.2) is 0 Å². The molecule has 2 saturated heterocycles. The highest BCUT2D eigenvalue weighted by Gasteiger charge is 2.26. The molecule has 2 aliphatic heterocycles. The van der Waals surface area contributed by atoms with Crippen molar-refractivity contribution in [3.05, 3.63) is 34.5 Å². The number of piperazine rings is 1. The van der Waals surface area contributed by atoms with Gasteiger partial charge in [-0.3, -0.25) is 29.4 Å². The molecule has 1 aromatic heterocycles. The standard InChI is InChI=1S/C20H28N6O3/c1-16-4-2-3-7-24(16)20(27)14-22-8-10-23(11-9-22)15-25-19-6-5-18(26(28)29)12-17(19)13-21-25/h5-6,12-13,16H,2-4,7-11,14-15H2,1H3/t16-/m0/s1. The van der Waals surface area contributed by atoms with Crippen molar-refractivity contribution in [3.63, 3.8) is 0 Å². The lowest BCUT2D eigenvalue weighted by molar-refractivity contribution is -0.384. The summed E-state index contributed by atoms with van der Waals surface area (Å²) in [4.78, 5) is 29.8. The predicted molar refractivity (Wildman–Crippen MR) is 109 cm³/mol. The van der Waals surface area contributed by atoms with Crippen LogP contribution >= 0.6 is 0 Å². The van der Waals surface area contributed by atoms with Crippen molar-refractivity contribution in [3.8, 4) is 0 Å². The van der Waals surface area contributed by atoms with E-state index in [4.69, 9.17) is 0 Å². The van der Waals surface area contributed by atoms with Crippen LogP contribution in [0, 0.1) is 10.1 Å². The molecule has 0 N–H and O–H groups in total. The summed E-state index contributed by atoms with van der Waals surface area (Å²) in [5.74, 6) is 0.255. The number of nitrogens with zero attached hydrogens (tertiary/aromatic N) is 6. The molecule has 0 aliphatic carbocycles. The highest BCUT2D eigenvalue weighted by atomic mass is 16.6. The first-order valence-corrected chi connectivity index (χ1v) is 10.4. The summed E-state index contributed by atoms with van der Waals surface area (Å²) in [5.41, 5.74) is 0.977. The Kier molecular flexibility index (Phi) is 5.77. The summed E-state index contributed by atoms with van der Waals surface area (Å²) in [6, 6.07) is 5.20. The minimum absolute atomic E-state index is 0.0818. The Morgan fingerprint density at radius 2 is 1.93 bits per heavy atom. The Hall–Kier alpha value is -2.52. The minimum Gasteiger partial charge on any atom is -0.339 e. The SMILES string of the molecule is C[C@H]1CCCCN1C(=O)CN1CCN(Cn2ncc3cc([N+](=O)[O-])ccc32)CC1. The number of piperidine rings is 1. The Morgan fingerprint density at radius 1 is 1.17 bits per heavy atom. The van der Waals surface area contributed by atoms with Crippen LogP contribution in [0.5, 0.6) is 0 Å². The summed E-state index contributed by atoms with van der Waals surface area (Å²) >= 11 is 0. The fourth-order valence-corrected chi connectivity index (χ4v) is 4.33. The highest BCUT2D eigenvalue weighted by molar-refractivity contribution is 5.81. The van der Waals surface area contributed by atoms with E-state index in [1.165, 1.54) is 12.5 Å². The van der Waals surface area contributed by atoms with E-state index in [1.807, 2.05) is 9.58 Å². The maximum atomic E-state index is 12.6. The van der Waals surface area contributed by atoms with Crippen LogP contribution in [0.3, 0.4) is 0 Å². The summed E-state index contributed by atoms with van der Waals surface area (Å²) in [7, 11) is 0. The second-order valence-electron chi connectivity index (χ2n) is 8.11. The lowest BCUT2D eigenvalue weighted by Gasteiger charge is -2.38. The van der Waals surface area contributed by atoms with E-state index in [2.05, 4.69) is 21.8 Å². The molecule has 0 unspecified atom stereocenters. The molecule has 0 spiro atoms. The van der Waals surface area contributed by atoms with Crippen molar-refractivity contribution in [2.45, 2.75) is 38.9 Å². The van der Waals surface area contributed by atoms with Crippen molar-refractivity contribution in [2.75, 3.05) is 39.3 Å². The molecule has 2 aliphatic rings. The van der Waals surface area contributed by atoms with Crippen LogP contribution < -0.4 is 0 Å². The molecule has 9 heteroatoms. The van der Waals surface area contributed by atoms with Crippen LogP contribution in [0.1, 0.15) is 26.2 Å². The van der Waals surface area contributed by atoms with Gasteiger partial charge < -0.3 is 4.90 Å². The lowest BCUT2D eigenvalue weighted by atomic mass is 10.0. The smallest absolute Gasteiger partial charge is 0.270 e. The molecule has 2 fully saturated rings. The van der Waals surface area contributed by atoms with Crippen molar-refractivity contribution >= 4 is 22.5 Å². The number of hydrogen-bond acceptors (Lipinski definition) is 6. The third-order valence-electron chi connectivity index (χ3n) is 6.12. The zero-order valence-electron chi connectivity index (χ0n) is 16.9. The molecule has 1 amide bonds. The monoisotopic (exact) mass is 400 g/mol. The van der Waals surface area contributed by atoms with E-state index < -0.39 is 0 Å². The molecule has 4 rings (SSSR count). The van der Waals surface area contributed by atoms with E-state index in [0.717, 1.165) is 56.5 Å². The number of non-ortho nitro benzene ring substituents is 1. The summed E-state index contributed by atoms with van der Waals surface area (Å²) in [5, 5.41) is 16.1. The molecule has 0 saturated carbocycles. The fraction of sp³-hybridized carbons (Fsp3) is 0.600. The zero-order chi connectivity index (χ0) is 20.4. The fourth-order valence-electron chi connectivity index (χ4n) is 4.33. The number of amides is 1. The van der Waals surface area contributed by atoms with Gasteiger partial charge in [0.2, 0.25) is 5.91 Å². The molecular weight excluding hydrogens is 372 g/mol. The van der Waals surface area contributed by atoms with Gasteiger partial charge >= 0.3 is 0 Å². The van der Waals surface area contributed by atoms with Gasteiger partial charge in [0, 0.05) is 56.3 Å². The second-order valence-corrected chi connectivity index (χ2v) is 8.11. The van der Waals surface area contributed by atoms with Crippen LogP contribution in [0.15, 0.2) is 24.4 Å². The maximum absolute atomic E-state index is 12.6. The number of carbonyl (C=O) groups excluding carboxylic acids is 1. The third-order valence-corrected chi connectivity index (χ3v) is 6.12. The van der Waals surface area contributed by atoms with E-state index in [1.54, 1.807) is 18.3 Å². The average molecular weight is 400 g/mol. The number of carbonyl (C=O) groups is 1. The predicted octanol–water partition coefficient (Wildman–Crippen LogP) is 1.92. The number of nitro groups is 1. The van der Waals surface area contributed by atoms with E-state index in [9.17, 15) is 14.9 Å². The van der Waals surface area contributed by atoms with E-state index >= 15 is 0 Å². The lowest BCUT2D eigenvalue weighted by Crippen LogP contribution is -2.52. The van der Waals surface area contributed by atoms with Crippen LogP contribution in [0.4, 0.5) is 5.69 Å². The van der Waals surface area contributed by atoms with Gasteiger partial charge in [-0.15, -0.1) is 0 Å². The normalized spacial score (nSPS) is 21.6. The molecule has 0 bridgehead atoms. The quantitative estimate of drug-likeness (QED) is 0.563. The molecule has 9 nitrogen and oxygen atoms in total. The van der Waals surface area contributed by atoms with Crippen LogP contribution in [0.25, 0.3) is 10.9 Å². The number of fused-ring (bicyclic) bond motifs is 1. The molecule has 1 atom stereocenters. The molecule has 29 heavy (non-hydrogen) atoms. The molecule has 3 heterocycles. The first-order valence-electron chi connectivity index (χ1n) is 10.4. The van der Waals surface area contributed by atoms with Crippen molar-refractivity contribution in [2.24, 2.45) is 0 Å². The first kappa shape index (κ1) is 19.8. The molecule has 0 radical (unpaired) electrons. The Labute approximate surface area is 170 Å². The van der Waals surface area contributed by atoms with Crippen LogP contribution in [0.2, 0.25) is 0 Å². The average Bonchev–Trinajstić information content (AvgIpc) is 3.11. The first-order chi connectivity index (χ1) is 14.0. The molecule has 1 aromatic carbocycles. The van der Waals surface area contributed by atoms with Crippen LogP contribution in [-0.2, 0) is 11.5 Å². The van der Waals surface area contributed by atoms with Crippen molar-refractivity contribution in [1.82, 2.24) is 24.5 Å². The number of rotatable bonds is 5. The third kappa shape index (κ3) is 4.40. The summed E-state index contributed by atoms with van der Waals surface area (Å²) in [6.07, 6.45) is 5.13. The minimum atomic E-state index is -0.387. The van der Waals surface area contributed by atoms with Gasteiger partial charge in [0.25, 0.3) is 5.69 Å². The maximum Gasteiger partial charge on any atom is 0.270 e. The zero-order valence-corrected chi connectivity index (χ0v) is 16.9. The van der Waals surface area contributed by atoms with E-state index in [0.29, 0.717) is 19.3 Å². The van der Waals surface area contributed by atoms with Gasteiger partial charge in [-0.25, -0.2) is 0 Å². The van der Waals surface area contributed by atoms with Gasteiger partial charge in [-0.05, 0) is 32.3 Å². The largest absolute Gasteiger partial charge is 0.339 e. The van der Waals surface area contributed by atoms with Gasteiger partial charge in [0.05, 0.1) is 29.9 Å². The number of benzene rings is 1. The Morgan fingerprint density at radius 3 is 2.66 bits per heavy atom. The Bertz CT molecular complexity index is 889. The number of hydrogen-bond donors (Lipinski definition) is 0. The summed E-state index contributed by atoms with van der Waals surface area (Å²) < 4.78 is 1.88. The number of likely N-dealkylation sites (tertiary alicyclic amines) is 1. The van der Waals surface area contributed by atoms with Crippen molar-refractivity contribution in [1.29, 1.82) is 0 Å². The molecule has 2 aromatic rings. The van der Waals surface area contributed by atoms with Crippen molar-refractivity contribution < 1.29 is 9.72 Å². The Balaban J connectivity index is 1.30. The molecule has 156 valence electrons. The second kappa shape index (κ2) is 8.46. The highest BCUT2D eigenvalue weighted by Crippen LogP contribution is 2.21. The summed E-state index contributed by atoms with van der Waals surface area (Å²) in [6.45, 7) is 7.66. The topological polar surface area (TPSA) is 87.8 Å².